The van der Waals surface area contributed by atoms with Crippen molar-refractivity contribution in [3.63, 3.8) is 0 Å². The number of carbonyl (C=O) groups is 1. The first kappa shape index (κ1) is 12.4. The number of amides is 1. The monoisotopic (exact) mass is 319 g/mol. The second-order valence-corrected chi connectivity index (χ2v) is 5.40. The minimum absolute atomic E-state index is 0.136. The van der Waals surface area contributed by atoms with Gasteiger partial charge in [-0.05, 0) is 35.4 Å². The molecule has 2 aromatic rings. The molecule has 96 valence electrons. The van der Waals surface area contributed by atoms with Crippen LogP contribution < -0.4 is 0 Å². The lowest BCUT2D eigenvalue weighted by Crippen LogP contribution is -2.25. The van der Waals surface area contributed by atoms with E-state index >= 15 is 0 Å². The molecule has 0 spiro atoms. The molecule has 1 heterocycles. The van der Waals surface area contributed by atoms with Crippen molar-refractivity contribution < 1.29 is 9.18 Å². The molecule has 0 N–H and O–H groups in total. The van der Waals surface area contributed by atoms with Gasteiger partial charge in [-0.15, -0.1) is 0 Å². The smallest absolute Gasteiger partial charge is 0.254 e. The number of hydrogen-bond donors (Lipinski definition) is 0. The summed E-state index contributed by atoms with van der Waals surface area (Å²) in [6.07, 6.45) is 0. The van der Waals surface area contributed by atoms with Crippen molar-refractivity contribution in [2.75, 3.05) is 0 Å². The molecule has 1 aliphatic rings. The van der Waals surface area contributed by atoms with E-state index < -0.39 is 0 Å². The van der Waals surface area contributed by atoms with Crippen LogP contribution in [-0.4, -0.2) is 10.8 Å². The fourth-order valence-corrected chi connectivity index (χ4v) is 2.86. The molecule has 1 amide bonds. The molecule has 3 rings (SSSR count). The van der Waals surface area contributed by atoms with Crippen molar-refractivity contribution in [2.45, 2.75) is 13.1 Å². The molecular weight excluding hydrogens is 309 g/mol. The first-order valence-electron chi connectivity index (χ1n) is 5.96. The molecule has 0 aliphatic carbocycles. The van der Waals surface area contributed by atoms with E-state index in [1.54, 1.807) is 17.0 Å². The van der Waals surface area contributed by atoms with Crippen LogP contribution in [0.25, 0.3) is 0 Å². The molecule has 2 nitrogen and oxygen atoms in total. The molecule has 0 saturated heterocycles. The van der Waals surface area contributed by atoms with Gasteiger partial charge in [0.05, 0.1) is 0 Å². The van der Waals surface area contributed by atoms with Gasteiger partial charge in [-0.25, -0.2) is 4.39 Å². The van der Waals surface area contributed by atoms with E-state index in [2.05, 4.69) is 15.9 Å². The van der Waals surface area contributed by atoms with E-state index in [1.165, 1.54) is 12.1 Å². The summed E-state index contributed by atoms with van der Waals surface area (Å²) in [4.78, 5) is 14.0. The summed E-state index contributed by atoms with van der Waals surface area (Å²) in [6, 6.07) is 11.8. The van der Waals surface area contributed by atoms with Crippen LogP contribution in [0.15, 0.2) is 46.9 Å². The van der Waals surface area contributed by atoms with Gasteiger partial charge in [0, 0.05) is 23.1 Å². The van der Waals surface area contributed by atoms with Crippen LogP contribution in [0.5, 0.6) is 0 Å². The number of fused-ring (bicyclic) bond motifs is 1. The van der Waals surface area contributed by atoms with Crippen LogP contribution >= 0.6 is 15.9 Å². The Morgan fingerprint density at radius 1 is 1.16 bits per heavy atom. The fraction of sp³-hybridized carbons (Fsp3) is 0.133. The molecule has 19 heavy (non-hydrogen) atoms. The molecule has 2 aromatic carbocycles. The number of carbonyl (C=O) groups excluding carboxylic acids is 1. The predicted molar refractivity (Wildman–Crippen MR) is 74.1 cm³/mol. The maximum Gasteiger partial charge on any atom is 0.254 e. The van der Waals surface area contributed by atoms with Crippen LogP contribution in [-0.2, 0) is 13.1 Å². The molecule has 0 fully saturated rings. The Morgan fingerprint density at radius 2 is 1.95 bits per heavy atom. The zero-order valence-corrected chi connectivity index (χ0v) is 11.7. The highest BCUT2D eigenvalue weighted by atomic mass is 79.9. The zero-order valence-electron chi connectivity index (χ0n) is 10.1. The average Bonchev–Trinajstić information content (AvgIpc) is 2.83. The Labute approximate surface area is 119 Å². The van der Waals surface area contributed by atoms with Crippen molar-refractivity contribution >= 4 is 21.8 Å². The van der Waals surface area contributed by atoms with Crippen molar-refractivity contribution in [3.8, 4) is 0 Å². The Kier molecular flexibility index (Phi) is 3.11. The Bertz CT molecular complexity index is 656. The van der Waals surface area contributed by atoms with Crippen LogP contribution in [0.2, 0.25) is 0 Å². The number of rotatable bonds is 1. The minimum atomic E-state index is -0.385. The van der Waals surface area contributed by atoms with Crippen molar-refractivity contribution in [1.82, 2.24) is 4.90 Å². The highest BCUT2D eigenvalue weighted by molar-refractivity contribution is 9.10. The summed E-state index contributed by atoms with van der Waals surface area (Å²) in [6.45, 7) is 1.14. The summed E-state index contributed by atoms with van der Waals surface area (Å²) in [5.74, 6) is -0.522. The van der Waals surface area contributed by atoms with E-state index in [4.69, 9.17) is 0 Å². The molecule has 0 radical (unpaired) electrons. The third-order valence-electron chi connectivity index (χ3n) is 3.28. The summed E-state index contributed by atoms with van der Waals surface area (Å²) in [5, 5.41) is 0. The maximum atomic E-state index is 13.2. The molecule has 1 aliphatic heterocycles. The van der Waals surface area contributed by atoms with Crippen molar-refractivity contribution in [2.24, 2.45) is 0 Å². The molecule has 0 bridgehead atoms. The van der Waals surface area contributed by atoms with E-state index in [9.17, 15) is 9.18 Å². The van der Waals surface area contributed by atoms with Gasteiger partial charge in [0.25, 0.3) is 5.91 Å². The maximum absolute atomic E-state index is 13.2. The number of hydrogen-bond acceptors (Lipinski definition) is 1. The largest absolute Gasteiger partial charge is 0.330 e. The third-order valence-corrected chi connectivity index (χ3v) is 4.03. The highest BCUT2D eigenvalue weighted by Crippen LogP contribution is 2.30. The first-order valence-corrected chi connectivity index (χ1v) is 6.75. The van der Waals surface area contributed by atoms with Gasteiger partial charge < -0.3 is 4.90 Å². The molecular formula is C15H11BrFNO. The molecule has 0 aromatic heterocycles. The van der Waals surface area contributed by atoms with Crippen LogP contribution in [0.3, 0.4) is 0 Å². The summed E-state index contributed by atoms with van der Waals surface area (Å²) < 4.78 is 14.2. The average molecular weight is 320 g/mol. The van der Waals surface area contributed by atoms with E-state index in [0.717, 1.165) is 15.6 Å². The van der Waals surface area contributed by atoms with Gasteiger partial charge in [-0.3, -0.25) is 4.79 Å². The normalized spacial score (nSPS) is 13.5. The second kappa shape index (κ2) is 4.78. The quantitative estimate of drug-likeness (QED) is 0.784. The zero-order chi connectivity index (χ0) is 13.4. The van der Waals surface area contributed by atoms with Gasteiger partial charge in [0.1, 0.15) is 5.82 Å². The van der Waals surface area contributed by atoms with Gasteiger partial charge >= 0.3 is 0 Å². The standard InChI is InChI=1S/C15H11BrFNO/c16-14-6-2-4-11-8-18(9-13(11)14)15(19)10-3-1-5-12(17)7-10/h1-7H,8-9H2. The first-order chi connectivity index (χ1) is 9.15. The lowest BCUT2D eigenvalue weighted by molar-refractivity contribution is 0.0751. The third kappa shape index (κ3) is 2.28. The van der Waals surface area contributed by atoms with E-state index in [-0.39, 0.29) is 11.7 Å². The van der Waals surface area contributed by atoms with Gasteiger partial charge in [-0.1, -0.05) is 34.1 Å². The lowest BCUT2D eigenvalue weighted by Gasteiger charge is -2.15. The van der Waals surface area contributed by atoms with Crippen LogP contribution in [0, 0.1) is 5.82 Å². The highest BCUT2D eigenvalue weighted by Gasteiger charge is 2.25. The molecule has 0 unspecified atom stereocenters. The van der Waals surface area contributed by atoms with E-state index in [1.807, 2.05) is 18.2 Å². The van der Waals surface area contributed by atoms with Crippen molar-refractivity contribution in [3.05, 3.63) is 69.4 Å². The number of nitrogens with zero attached hydrogens (tertiary/aromatic N) is 1. The van der Waals surface area contributed by atoms with Crippen molar-refractivity contribution in [1.29, 1.82) is 0 Å². The second-order valence-electron chi connectivity index (χ2n) is 4.55. The number of benzene rings is 2. The molecule has 4 heteroatoms. The Morgan fingerprint density at radius 3 is 2.68 bits per heavy atom. The fourth-order valence-electron chi connectivity index (χ4n) is 2.33. The minimum Gasteiger partial charge on any atom is -0.330 e. The van der Waals surface area contributed by atoms with Gasteiger partial charge in [0.2, 0.25) is 0 Å². The topological polar surface area (TPSA) is 20.3 Å². The lowest BCUT2D eigenvalue weighted by atomic mass is 10.1. The van der Waals surface area contributed by atoms with Crippen LogP contribution in [0.1, 0.15) is 21.5 Å². The van der Waals surface area contributed by atoms with E-state index in [0.29, 0.717) is 18.7 Å². The summed E-state index contributed by atoms with van der Waals surface area (Å²) in [7, 11) is 0. The SMILES string of the molecule is O=C(c1cccc(F)c1)N1Cc2cccc(Br)c2C1. The molecule has 0 saturated carbocycles. The van der Waals surface area contributed by atoms with Gasteiger partial charge in [0.15, 0.2) is 0 Å². The summed E-state index contributed by atoms with van der Waals surface area (Å²) >= 11 is 3.49. The summed E-state index contributed by atoms with van der Waals surface area (Å²) in [5.41, 5.74) is 2.66. The van der Waals surface area contributed by atoms with Crippen LogP contribution in [0.4, 0.5) is 4.39 Å². The Hall–Kier alpha value is -1.68. The molecule has 0 atom stereocenters. The van der Waals surface area contributed by atoms with Gasteiger partial charge in [-0.2, -0.15) is 0 Å². The number of halogens is 2. The Balaban J connectivity index is 1.87. The predicted octanol–water partition coefficient (Wildman–Crippen LogP) is 3.74.